The van der Waals surface area contributed by atoms with Crippen LogP contribution in [0, 0.1) is 0 Å². The molecule has 4 aromatic rings. The first-order valence-electron chi connectivity index (χ1n) is 8.70. The molecule has 140 valence electrons. The molecule has 0 bridgehead atoms. The summed E-state index contributed by atoms with van der Waals surface area (Å²) >= 11 is 1.40. The molecule has 2 aromatic carbocycles. The zero-order valence-corrected chi connectivity index (χ0v) is 16.2. The van der Waals surface area contributed by atoms with Crippen LogP contribution < -0.4 is 5.56 Å². The third-order valence-corrected chi connectivity index (χ3v) is 5.51. The molecule has 0 spiro atoms. The van der Waals surface area contributed by atoms with Crippen LogP contribution in [0.15, 0.2) is 64.8 Å². The highest BCUT2D eigenvalue weighted by Crippen LogP contribution is 2.36. The number of hydrogen-bond donors (Lipinski definition) is 2. The zero-order chi connectivity index (χ0) is 19.8. The molecule has 2 heterocycles. The number of aromatic hydroxyl groups is 1. The summed E-state index contributed by atoms with van der Waals surface area (Å²) < 4.78 is 0. The number of aromatic amines is 1. The van der Waals surface area contributed by atoms with Crippen molar-refractivity contribution >= 4 is 28.1 Å². The van der Waals surface area contributed by atoms with Crippen molar-refractivity contribution in [1.82, 2.24) is 9.88 Å². The SMILES string of the molecule is CN(C)C(=O)c1ccc(-c2ccc3[nH]c(=O)c(-c4cccs4)c(O)c3c2)cc1. The zero-order valence-electron chi connectivity index (χ0n) is 15.4. The fraction of sp³-hybridized carbons (Fsp3) is 0.0909. The summed E-state index contributed by atoms with van der Waals surface area (Å²) in [6.07, 6.45) is 0. The number of pyridine rings is 1. The Kier molecular flexibility index (Phi) is 4.49. The molecule has 0 saturated carbocycles. The first-order chi connectivity index (χ1) is 13.5. The van der Waals surface area contributed by atoms with Gasteiger partial charge in [0.25, 0.3) is 11.5 Å². The number of rotatable bonds is 3. The van der Waals surface area contributed by atoms with Gasteiger partial charge in [-0.25, -0.2) is 0 Å². The van der Waals surface area contributed by atoms with Crippen LogP contribution >= 0.6 is 11.3 Å². The van der Waals surface area contributed by atoms with Crippen LogP contribution in [0.4, 0.5) is 0 Å². The Labute approximate surface area is 165 Å². The van der Waals surface area contributed by atoms with Crippen molar-refractivity contribution in [3.63, 3.8) is 0 Å². The summed E-state index contributed by atoms with van der Waals surface area (Å²) in [6.45, 7) is 0. The van der Waals surface area contributed by atoms with Crippen molar-refractivity contribution in [2.24, 2.45) is 0 Å². The van der Waals surface area contributed by atoms with Crippen molar-refractivity contribution in [1.29, 1.82) is 0 Å². The van der Waals surface area contributed by atoms with Crippen molar-refractivity contribution in [2.75, 3.05) is 14.1 Å². The number of nitrogens with zero attached hydrogens (tertiary/aromatic N) is 1. The van der Waals surface area contributed by atoms with Gasteiger partial charge in [-0.3, -0.25) is 9.59 Å². The van der Waals surface area contributed by atoms with E-state index in [9.17, 15) is 14.7 Å². The Bertz CT molecular complexity index is 1220. The maximum absolute atomic E-state index is 12.4. The van der Waals surface area contributed by atoms with E-state index in [0.717, 1.165) is 16.0 Å². The summed E-state index contributed by atoms with van der Waals surface area (Å²) in [6, 6.07) is 16.5. The number of H-pyrrole nitrogens is 1. The van der Waals surface area contributed by atoms with Crippen LogP contribution in [-0.2, 0) is 0 Å². The molecule has 0 fully saturated rings. The predicted molar refractivity (Wildman–Crippen MR) is 113 cm³/mol. The monoisotopic (exact) mass is 390 g/mol. The second-order valence-corrected chi connectivity index (χ2v) is 7.64. The fourth-order valence-electron chi connectivity index (χ4n) is 3.17. The Balaban J connectivity index is 1.81. The van der Waals surface area contributed by atoms with Gasteiger partial charge in [0.1, 0.15) is 5.75 Å². The summed E-state index contributed by atoms with van der Waals surface area (Å²) in [5.41, 5.74) is 2.96. The van der Waals surface area contributed by atoms with Gasteiger partial charge in [-0.2, -0.15) is 0 Å². The predicted octanol–water partition coefficient (Wildman–Crippen LogP) is 4.33. The van der Waals surface area contributed by atoms with Gasteiger partial charge in [0.05, 0.1) is 11.1 Å². The van der Waals surface area contributed by atoms with Gasteiger partial charge in [-0.1, -0.05) is 24.3 Å². The van der Waals surface area contributed by atoms with Crippen LogP contribution in [0.3, 0.4) is 0 Å². The van der Waals surface area contributed by atoms with Crippen molar-refractivity contribution in [3.05, 3.63) is 75.9 Å². The van der Waals surface area contributed by atoms with E-state index >= 15 is 0 Å². The number of amides is 1. The van der Waals surface area contributed by atoms with Gasteiger partial charge >= 0.3 is 0 Å². The van der Waals surface area contributed by atoms with Gasteiger partial charge in [0, 0.05) is 29.9 Å². The quantitative estimate of drug-likeness (QED) is 0.547. The molecule has 0 unspecified atom stereocenters. The molecule has 1 amide bonds. The Hall–Kier alpha value is -3.38. The van der Waals surface area contributed by atoms with E-state index in [1.807, 2.05) is 41.8 Å². The molecule has 0 aliphatic carbocycles. The van der Waals surface area contributed by atoms with E-state index in [1.165, 1.54) is 16.2 Å². The average Bonchev–Trinajstić information content (AvgIpc) is 3.21. The van der Waals surface area contributed by atoms with Gasteiger partial charge < -0.3 is 15.0 Å². The van der Waals surface area contributed by atoms with Crippen LogP contribution in [0.5, 0.6) is 5.75 Å². The van der Waals surface area contributed by atoms with Gasteiger partial charge in [-0.15, -0.1) is 11.3 Å². The maximum atomic E-state index is 12.4. The third-order valence-electron chi connectivity index (χ3n) is 4.63. The minimum atomic E-state index is -0.313. The maximum Gasteiger partial charge on any atom is 0.260 e. The second kappa shape index (κ2) is 6.98. The molecule has 4 rings (SSSR count). The Morgan fingerprint density at radius 3 is 2.39 bits per heavy atom. The third kappa shape index (κ3) is 3.08. The molecule has 2 aromatic heterocycles. The van der Waals surface area contributed by atoms with Gasteiger partial charge in [-0.05, 0) is 46.8 Å². The number of carbonyl (C=O) groups is 1. The number of thiophene rings is 1. The lowest BCUT2D eigenvalue weighted by atomic mass is 10.0. The fourth-order valence-corrected chi connectivity index (χ4v) is 3.94. The molecule has 0 saturated heterocycles. The average molecular weight is 390 g/mol. The smallest absolute Gasteiger partial charge is 0.260 e. The molecule has 0 atom stereocenters. The lowest BCUT2D eigenvalue weighted by Crippen LogP contribution is -2.21. The molecular formula is C22H18N2O3S. The highest BCUT2D eigenvalue weighted by atomic mass is 32.1. The molecule has 0 aliphatic heterocycles. The number of carbonyl (C=O) groups excluding carboxylic acids is 1. The first kappa shape index (κ1) is 18.0. The molecule has 2 N–H and O–H groups in total. The molecular weight excluding hydrogens is 372 g/mol. The summed E-state index contributed by atoms with van der Waals surface area (Å²) in [4.78, 5) is 29.6. The number of hydrogen-bond acceptors (Lipinski definition) is 4. The van der Waals surface area contributed by atoms with Crippen LogP contribution in [-0.4, -0.2) is 35.0 Å². The number of aromatic nitrogens is 1. The standard InChI is InChI=1S/C22H18N2O3S/c1-24(2)22(27)14-7-5-13(6-8-14)15-9-10-17-16(12-15)20(25)19(21(26)23-17)18-4-3-11-28-18/h3-12H,1-2H3,(H2,23,25,26). The first-order valence-corrected chi connectivity index (χ1v) is 9.58. The normalized spacial score (nSPS) is 10.9. The number of nitrogens with one attached hydrogen (secondary N) is 1. The number of benzene rings is 2. The Morgan fingerprint density at radius 1 is 1.04 bits per heavy atom. The topological polar surface area (TPSA) is 73.4 Å². The second-order valence-electron chi connectivity index (χ2n) is 6.69. The van der Waals surface area contributed by atoms with Crippen LogP contribution in [0.1, 0.15) is 10.4 Å². The summed E-state index contributed by atoms with van der Waals surface area (Å²) in [5, 5.41) is 13.2. The summed E-state index contributed by atoms with van der Waals surface area (Å²) in [7, 11) is 3.43. The molecule has 5 nitrogen and oxygen atoms in total. The largest absolute Gasteiger partial charge is 0.506 e. The molecule has 0 aliphatic rings. The van der Waals surface area contributed by atoms with E-state index in [0.29, 0.717) is 16.5 Å². The highest BCUT2D eigenvalue weighted by Gasteiger charge is 2.15. The van der Waals surface area contributed by atoms with Crippen LogP contribution in [0.2, 0.25) is 0 Å². The molecule has 0 radical (unpaired) electrons. The van der Waals surface area contributed by atoms with Crippen LogP contribution in [0.25, 0.3) is 32.5 Å². The highest BCUT2D eigenvalue weighted by molar-refractivity contribution is 7.13. The summed E-state index contributed by atoms with van der Waals surface area (Å²) in [5.74, 6) is -0.0803. The molecule has 6 heteroatoms. The minimum Gasteiger partial charge on any atom is -0.506 e. The van der Waals surface area contributed by atoms with E-state index in [1.54, 1.807) is 32.3 Å². The van der Waals surface area contributed by atoms with Crippen molar-refractivity contribution in [2.45, 2.75) is 0 Å². The van der Waals surface area contributed by atoms with Gasteiger partial charge in [0.2, 0.25) is 0 Å². The lowest BCUT2D eigenvalue weighted by molar-refractivity contribution is 0.0827. The van der Waals surface area contributed by atoms with E-state index in [4.69, 9.17) is 0 Å². The van der Waals surface area contributed by atoms with E-state index in [2.05, 4.69) is 4.98 Å². The lowest BCUT2D eigenvalue weighted by Gasteiger charge is -2.11. The van der Waals surface area contributed by atoms with Crippen molar-refractivity contribution < 1.29 is 9.90 Å². The van der Waals surface area contributed by atoms with Crippen molar-refractivity contribution in [3.8, 4) is 27.3 Å². The van der Waals surface area contributed by atoms with E-state index in [-0.39, 0.29) is 22.8 Å². The minimum absolute atomic E-state index is 0.0255. The molecule has 28 heavy (non-hydrogen) atoms. The number of fused-ring (bicyclic) bond motifs is 1. The Morgan fingerprint density at radius 2 is 1.75 bits per heavy atom. The van der Waals surface area contributed by atoms with E-state index < -0.39 is 0 Å². The van der Waals surface area contributed by atoms with Gasteiger partial charge in [0.15, 0.2) is 0 Å².